The molecule has 0 aliphatic rings. The zero-order valence-corrected chi connectivity index (χ0v) is 9.92. The van der Waals surface area contributed by atoms with Crippen LogP contribution in [0.2, 0.25) is 0 Å². The minimum Gasteiger partial charge on any atom is -0.475 e. The van der Waals surface area contributed by atoms with Gasteiger partial charge in [0.15, 0.2) is 0 Å². The molecule has 0 fully saturated rings. The summed E-state index contributed by atoms with van der Waals surface area (Å²) in [5.74, 6) is -1.21. The lowest BCUT2D eigenvalue weighted by atomic mass is 10.2. The number of carboxylic acids is 1. The largest absolute Gasteiger partial charge is 0.475 e. The van der Waals surface area contributed by atoms with Crippen LogP contribution in [0, 0.1) is 0 Å². The molecule has 0 spiro atoms. The molecule has 0 aliphatic carbocycles. The number of nitrogens with one attached hydrogen (secondary N) is 1. The van der Waals surface area contributed by atoms with Crippen molar-refractivity contribution in [3.8, 4) is 0 Å². The van der Waals surface area contributed by atoms with Crippen LogP contribution in [-0.4, -0.2) is 17.0 Å². The second-order valence-corrected chi connectivity index (χ2v) is 3.88. The zero-order chi connectivity index (χ0) is 13.8. The van der Waals surface area contributed by atoms with Crippen LogP contribution in [0.5, 0.6) is 0 Å². The summed E-state index contributed by atoms with van der Waals surface area (Å²) in [6.45, 7) is 0.122. The second-order valence-electron chi connectivity index (χ2n) is 3.88. The third-order valence-corrected chi connectivity index (χ3v) is 2.47. The maximum Gasteiger partial charge on any atom is 0.371 e. The van der Waals surface area contributed by atoms with E-state index in [1.807, 2.05) is 0 Å². The number of hydrogen-bond acceptors (Lipinski definition) is 4. The van der Waals surface area contributed by atoms with Crippen molar-refractivity contribution in [1.82, 2.24) is 5.32 Å². The maximum atomic E-state index is 11.8. The van der Waals surface area contributed by atoms with Gasteiger partial charge in [-0.2, -0.15) is 0 Å². The Labute approximate surface area is 108 Å². The van der Waals surface area contributed by atoms with E-state index in [-0.39, 0.29) is 18.2 Å². The van der Waals surface area contributed by atoms with Gasteiger partial charge in [0, 0.05) is 11.3 Å². The van der Waals surface area contributed by atoms with Gasteiger partial charge in [-0.05, 0) is 36.4 Å². The van der Waals surface area contributed by atoms with Crippen LogP contribution in [-0.2, 0) is 6.54 Å². The minimum absolute atomic E-state index is 0.122. The molecule has 4 N–H and O–H groups in total. The quantitative estimate of drug-likeness (QED) is 0.722. The molecule has 0 saturated heterocycles. The van der Waals surface area contributed by atoms with Crippen molar-refractivity contribution in [3.63, 3.8) is 0 Å². The molecule has 6 heteroatoms. The number of nitrogen functional groups attached to an aromatic ring is 1. The van der Waals surface area contributed by atoms with E-state index in [4.69, 9.17) is 15.3 Å². The molecular weight excluding hydrogens is 248 g/mol. The number of amides is 1. The van der Waals surface area contributed by atoms with E-state index < -0.39 is 5.97 Å². The van der Waals surface area contributed by atoms with E-state index in [9.17, 15) is 9.59 Å². The maximum absolute atomic E-state index is 11.8. The Kier molecular flexibility index (Phi) is 3.51. The van der Waals surface area contributed by atoms with Gasteiger partial charge in [-0.1, -0.05) is 0 Å². The van der Waals surface area contributed by atoms with Crippen molar-refractivity contribution in [3.05, 3.63) is 53.5 Å². The van der Waals surface area contributed by atoms with Crippen molar-refractivity contribution >= 4 is 17.6 Å². The molecule has 6 nitrogen and oxygen atoms in total. The zero-order valence-electron chi connectivity index (χ0n) is 9.92. The van der Waals surface area contributed by atoms with Crippen LogP contribution in [0.15, 0.2) is 40.8 Å². The van der Waals surface area contributed by atoms with Crippen LogP contribution in [0.1, 0.15) is 26.7 Å². The van der Waals surface area contributed by atoms with Gasteiger partial charge in [0.25, 0.3) is 5.91 Å². The Balaban J connectivity index is 1.96. The third-order valence-electron chi connectivity index (χ3n) is 2.47. The van der Waals surface area contributed by atoms with Gasteiger partial charge in [-0.3, -0.25) is 4.79 Å². The fraction of sp³-hybridized carbons (Fsp3) is 0.0769. The highest BCUT2D eigenvalue weighted by atomic mass is 16.4. The van der Waals surface area contributed by atoms with E-state index >= 15 is 0 Å². The number of anilines is 1. The van der Waals surface area contributed by atoms with E-state index in [0.29, 0.717) is 17.0 Å². The summed E-state index contributed by atoms with van der Waals surface area (Å²) in [4.78, 5) is 22.4. The molecule has 1 heterocycles. The minimum atomic E-state index is -1.14. The highest BCUT2D eigenvalue weighted by molar-refractivity contribution is 5.94. The number of hydrogen-bond donors (Lipinski definition) is 3. The highest BCUT2D eigenvalue weighted by Crippen LogP contribution is 2.09. The first kappa shape index (κ1) is 12.7. The number of benzene rings is 1. The van der Waals surface area contributed by atoms with Gasteiger partial charge in [0.2, 0.25) is 5.76 Å². The van der Waals surface area contributed by atoms with Gasteiger partial charge in [0.05, 0.1) is 6.54 Å². The van der Waals surface area contributed by atoms with E-state index in [0.717, 1.165) is 0 Å². The number of furan rings is 1. The Bertz CT molecular complexity index is 601. The number of carboxylic acid groups (broad SMARTS) is 1. The van der Waals surface area contributed by atoms with E-state index in [1.165, 1.54) is 12.1 Å². The van der Waals surface area contributed by atoms with Crippen LogP contribution in [0.25, 0.3) is 0 Å². The highest BCUT2D eigenvalue weighted by Gasteiger charge is 2.10. The molecular formula is C13H12N2O4. The fourth-order valence-corrected chi connectivity index (χ4v) is 1.49. The average Bonchev–Trinajstić information content (AvgIpc) is 2.86. The van der Waals surface area contributed by atoms with E-state index in [1.54, 1.807) is 24.3 Å². The molecule has 0 bridgehead atoms. The van der Waals surface area contributed by atoms with E-state index in [2.05, 4.69) is 5.32 Å². The van der Waals surface area contributed by atoms with Gasteiger partial charge in [-0.25, -0.2) is 4.79 Å². The summed E-state index contributed by atoms with van der Waals surface area (Å²) in [5, 5.41) is 11.3. The predicted octanol–water partition coefficient (Wildman–Crippen LogP) is 1.49. The van der Waals surface area contributed by atoms with Crippen molar-refractivity contribution < 1.29 is 19.1 Å². The lowest BCUT2D eigenvalue weighted by Crippen LogP contribution is -2.22. The summed E-state index contributed by atoms with van der Waals surface area (Å²) < 4.78 is 5.02. The number of carbonyl (C=O) groups excluding carboxylic acids is 1. The van der Waals surface area contributed by atoms with Crippen LogP contribution in [0.4, 0.5) is 5.69 Å². The predicted molar refractivity (Wildman–Crippen MR) is 67.7 cm³/mol. The summed E-state index contributed by atoms with van der Waals surface area (Å²) in [6.07, 6.45) is 0. The number of aromatic carboxylic acids is 1. The summed E-state index contributed by atoms with van der Waals surface area (Å²) >= 11 is 0. The fourth-order valence-electron chi connectivity index (χ4n) is 1.49. The first-order valence-corrected chi connectivity index (χ1v) is 5.52. The molecule has 0 aliphatic heterocycles. The molecule has 19 heavy (non-hydrogen) atoms. The molecule has 0 unspecified atom stereocenters. The normalized spacial score (nSPS) is 10.1. The first-order valence-electron chi connectivity index (χ1n) is 5.52. The number of nitrogens with two attached hydrogens (primary N) is 1. The Morgan fingerprint density at radius 3 is 2.42 bits per heavy atom. The van der Waals surface area contributed by atoms with Crippen LogP contribution in [0.3, 0.4) is 0 Å². The van der Waals surface area contributed by atoms with Crippen LogP contribution >= 0.6 is 0 Å². The molecule has 0 atom stereocenters. The molecule has 1 aromatic heterocycles. The molecule has 98 valence electrons. The third kappa shape index (κ3) is 3.12. The Morgan fingerprint density at radius 2 is 1.84 bits per heavy atom. The molecule has 2 aromatic rings. The van der Waals surface area contributed by atoms with Crippen LogP contribution < -0.4 is 11.1 Å². The molecule has 0 saturated carbocycles. The standard InChI is InChI=1S/C13H12N2O4/c14-9-3-1-8(2-4-9)12(16)15-7-10-5-6-11(19-10)13(17)18/h1-6H,7,14H2,(H,15,16)(H,17,18). The molecule has 2 rings (SSSR count). The van der Waals surface area contributed by atoms with Gasteiger partial charge in [-0.15, -0.1) is 0 Å². The summed E-state index contributed by atoms with van der Waals surface area (Å²) in [6, 6.07) is 9.32. The smallest absolute Gasteiger partial charge is 0.371 e. The van der Waals surface area contributed by atoms with Crippen molar-refractivity contribution in [2.75, 3.05) is 5.73 Å². The van der Waals surface area contributed by atoms with Gasteiger partial charge >= 0.3 is 5.97 Å². The monoisotopic (exact) mass is 260 g/mol. The Hall–Kier alpha value is -2.76. The second kappa shape index (κ2) is 5.26. The Morgan fingerprint density at radius 1 is 1.16 bits per heavy atom. The first-order chi connectivity index (χ1) is 9.06. The van der Waals surface area contributed by atoms with Gasteiger partial charge in [0.1, 0.15) is 5.76 Å². The summed E-state index contributed by atoms with van der Waals surface area (Å²) in [5.41, 5.74) is 6.57. The molecule has 1 amide bonds. The number of carbonyl (C=O) groups is 2. The van der Waals surface area contributed by atoms with Crippen molar-refractivity contribution in [2.45, 2.75) is 6.54 Å². The van der Waals surface area contributed by atoms with Gasteiger partial charge < -0.3 is 20.6 Å². The van der Waals surface area contributed by atoms with Crippen molar-refractivity contribution in [1.29, 1.82) is 0 Å². The lowest BCUT2D eigenvalue weighted by Gasteiger charge is -2.03. The molecule has 1 aromatic carbocycles. The van der Waals surface area contributed by atoms with Crippen molar-refractivity contribution in [2.24, 2.45) is 0 Å². The lowest BCUT2D eigenvalue weighted by molar-refractivity contribution is 0.0660. The topological polar surface area (TPSA) is 106 Å². The SMILES string of the molecule is Nc1ccc(C(=O)NCc2ccc(C(=O)O)o2)cc1. The number of rotatable bonds is 4. The average molecular weight is 260 g/mol. The summed E-state index contributed by atoms with van der Waals surface area (Å²) in [7, 11) is 0. The molecule has 0 radical (unpaired) electrons.